The molecular formula is C26H40O3. The number of allylic oxidation sites excluding steroid dienone is 1. The highest BCUT2D eigenvalue weighted by Gasteiger charge is 2.08. The summed E-state index contributed by atoms with van der Waals surface area (Å²) in [4.78, 5) is 23.6. The van der Waals surface area contributed by atoms with Gasteiger partial charge in [0, 0.05) is 5.56 Å². The average Bonchev–Trinajstić information content (AvgIpc) is 2.75. The van der Waals surface area contributed by atoms with Gasteiger partial charge in [0.05, 0.1) is 6.42 Å². The first-order valence-electron chi connectivity index (χ1n) is 11.6. The Balaban J connectivity index is 1.88. The first-order valence-corrected chi connectivity index (χ1v) is 11.6. The fraction of sp³-hybridized carbons (Fsp3) is 0.615. The maximum Gasteiger partial charge on any atom is 0.310 e. The second-order valence-corrected chi connectivity index (χ2v) is 7.80. The molecule has 0 atom stereocenters. The molecule has 0 bridgehead atoms. The lowest BCUT2D eigenvalue weighted by molar-refractivity contribution is -0.141. The summed E-state index contributed by atoms with van der Waals surface area (Å²) in [5.41, 5.74) is 0.572. The van der Waals surface area contributed by atoms with Gasteiger partial charge in [-0.25, -0.2) is 0 Å². The summed E-state index contributed by atoms with van der Waals surface area (Å²) in [6.45, 7) is 2.08. The van der Waals surface area contributed by atoms with Crippen molar-refractivity contribution in [2.24, 2.45) is 0 Å². The zero-order chi connectivity index (χ0) is 21.0. The number of hydrogen-bond donors (Lipinski definition) is 0. The maximum atomic E-state index is 11.9. The molecule has 3 nitrogen and oxygen atoms in total. The van der Waals surface area contributed by atoms with Gasteiger partial charge in [-0.05, 0) is 12.8 Å². The van der Waals surface area contributed by atoms with Crippen molar-refractivity contribution < 1.29 is 14.3 Å². The molecule has 0 unspecified atom stereocenters. The van der Waals surface area contributed by atoms with E-state index in [-0.39, 0.29) is 24.8 Å². The summed E-state index contributed by atoms with van der Waals surface area (Å²) in [6.07, 6.45) is 21.4. The third kappa shape index (κ3) is 14.7. The Morgan fingerprint density at radius 2 is 1.31 bits per heavy atom. The molecule has 1 aromatic rings. The van der Waals surface area contributed by atoms with E-state index in [1.54, 1.807) is 24.3 Å². The van der Waals surface area contributed by atoms with Gasteiger partial charge in [0.2, 0.25) is 0 Å². The highest BCUT2D eigenvalue weighted by molar-refractivity contribution is 5.97. The summed E-state index contributed by atoms with van der Waals surface area (Å²) >= 11 is 0. The molecule has 0 spiro atoms. The summed E-state index contributed by atoms with van der Waals surface area (Å²) in [7, 11) is 0. The fourth-order valence-corrected chi connectivity index (χ4v) is 3.31. The number of esters is 1. The highest BCUT2D eigenvalue weighted by atomic mass is 16.5. The van der Waals surface area contributed by atoms with Crippen molar-refractivity contribution in [1.29, 1.82) is 0 Å². The van der Waals surface area contributed by atoms with Crippen LogP contribution in [0, 0.1) is 0 Å². The molecule has 29 heavy (non-hydrogen) atoms. The molecule has 0 radical (unpaired) electrons. The molecule has 1 rings (SSSR count). The van der Waals surface area contributed by atoms with E-state index < -0.39 is 0 Å². The van der Waals surface area contributed by atoms with E-state index in [0.29, 0.717) is 5.56 Å². The van der Waals surface area contributed by atoms with Crippen LogP contribution in [-0.4, -0.2) is 18.4 Å². The Kier molecular flexibility index (Phi) is 15.7. The van der Waals surface area contributed by atoms with Crippen LogP contribution >= 0.6 is 0 Å². The molecule has 162 valence electrons. The molecule has 0 saturated heterocycles. The Hall–Kier alpha value is -1.90. The minimum Gasteiger partial charge on any atom is -0.457 e. The number of carbonyl (C=O) groups excluding carboxylic acids is 2. The molecule has 0 aliphatic heterocycles. The van der Waals surface area contributed by atoms with Gasteiger partial charge >= 0.3 is 5.97 Å². The number of carbonyl (C=O) groups is 2. The molecular weight excluding hydrogens is 360 g/mol. The number of Topliss-reactive ketones (excluding diaryl/α,β-unsaturated/α-hetero) is 1. The minimum atomic E-state index is -0.347. The SMILES string of the molecule is CCCCCCCCCCCCCC/C=C/CC(=O)OCC(=O)c1ccccc1. The second-order valence-electron chi connectivity index (χ2n) is 7.80. The number of ketones is 1. The maximum absolute atomic E-state index is 11.9. The summed E-state index contributed by atoms with van der Waals surface area (Å²) in [5, 5.41) is 0. The van der Waals surface area contributed by atoms with Gasteiger partial charge in [-0.1, -0.05) is 120 Å². The van der Waals surface area contributed by atoms with Gasteiger partial charge in [0.25, 0.3) is 0 Å². The molecule has 0 aliphatic carbocycles. The van der Waals surface area contributed by atoms with E-state index in [0.717, 1.165) is 6.42 Å². The van der Waals surface area contributed by atoms with Crippen molar-refractivity contribution in [3.63, 3.8) is 0 Å². The van der Waals surface area contributed by atoms with Crippen LogP contribution in [0.25, 0.3) is 0 Å². The summed E-state index contributed by atoms with van der Waals surface area (Å²) in [6, 6.07) is 8.90. The number of benzene rings is 1. The number of ether oxygens (including phenoxy) is 1. The Morgan fingerprint density at radius 1 is 0.759 bits per heavy atom. The van der Waals surface area contributed by atoms with Gasteiger partial charge in [-0.2, -0.15) is 0 Å². The second kappa shape index (κ2) is 18.1. The summed E-state index contributed by atoms with van der Waals surface area (Å²) < 4.78 is 5.04. The lowest BCUT2D eigenvalue weighted by Crippen LogP contribution is -2.13. The van der Waals surface area contributed by atoms with Crippen LogP contribution in [0.1, 0.15) is 107 Å². The smallest absolute Gasteiger partial charge is 0.310 e. The van der Waals surface area contributed by atoms with Crippen LogP contribution in [0.15, 0.2) is 42.5 Å². The predicted molar refractivity (Wildman–Crippen MR) is 121 cm³/mol. The van der Waals surface area contributed by atoms with Crippen LogP contribution in [0.3, 0.4) is 0 Å². The predicted octanol–water partition coefficient (Wildman–Crippen LogP) is 7.45. The average molecular weight is 401 g/mol. The van der Waals surface area contributed by atoms with E-state index in [4.69, 9.17) is 4.74 Å². The van der Waals surface area contributed by atoms with Crippen LogP contribution in [0.2, 0.25) is 0 Å². The lowest BCUT2D eigenvalue weighted by Gasteiger charge is -2.03. The van der Waals surface area contributed by atoms with Crippen LogP contribution in [0.4, 0.5) is 0 Å². The third-order valence-corrected chi connectivity index (χ3v) is 5.14. The van der Waals surface area contributed by atoms with Crippen LogP contribution in [-0.2, 0) is 9.53 Å². The molecule has 0 saturated carbocycles. The largest absolute Gasteiger partial charge is 0.457 e. The fourth-order valence-electron chi connectivity index (χ4n) is 3.31. The number of unbranched alkanes of at least 4 members (excludes halogenated alkanes) is 12. The summed E-state index contributed by atoms with van der Waals surface area (Å²) in [5.74, 6) is -0.514. The van der Waals surface area contributed by atoms with E-state index >= 15 is 0 Å². The van der Waals surface area contributed by atoms with Gasteiger partial charge in [0.15, 0.2) is 12.4 Å². The minimum absolute atomic E-state index is 0.167. The Labute approximate surface area is 177 Å². The van der Waals surface area contributed by atoms with E-state index in [1.807, 2.05) is 12.1 Å². The quantitative estimate of drug-likeness (QED) is 0.111. The monoisotopic (exact) mass is 400 g/mol. The molecule has 0 aromatic heterocycles. The normalized spacial score (nSPS) is 11.1. The van der Waals surface area contributed by atoms with Crippen molar-refractivity contribution in [3.05, 3.63) is 48.0 Å². The lowest BCUT2D eigenvalue weighted by atomic mass is 10.0. The van der Waals surface area contributed by atoms with Crippen molar-refractivity contribution in [2.75, 3.05) is 6.61 Å². The first kappa shape index (κ1) is 25.1. The molecule has 0 fully saturated rings. The van der Waals surface area contributed by atoms with Crippen LogP contribution in [0.5, 0.6) is 0 Å². The number of hydrogen-bond acceptors (Lipinski definition) is 3. The first-order chi connectivity index (χ1) is 14.2. The van der Waals surface area contributed by atoms with E-state index in [9.17, 15) is 9.59 Å². The third-order valence-electron chi connectivity index (χ3n) is 5.14. The molecule has 3 heteroatoms. The van der Waals surface area contributed by atoms with E-state index in [1.165, 1.54) is 77.0 Å². The number of rotatable bonds is 18. The molecule has 0 heterocycles. The Bertz CT molecular complexity index is 563. The van der Waals surface area contributed by atoms with Gasteiger partial charge in [-0.3, -0.25) is 9.59 Å². The zero-order valence-corrected chi connectivity index (χ0v) is 18.4. The zero-order valence-electron chi connectivity index (χ0n) is 18.4. The topological polar surface area (TPSA) is 43.4 Å². The van der Waals surface area contributed by atoms with Crippen molar-refractivity contribution in [2.45, 2.75) is 96.8 Å². The standard InChI is InChI=1S/C26H40O3/c1-2-3-4-5-6-7-8-9-10-11-12-13-14-15-19-22-26(28)29-23-25(27)24-20-17-16-18-21-24/h15-21H,2-14,22-23H2,1H3/b19-15+. The molecule has 0 N–H and O–H groups in total. The van der Waals surface area contributed by atoms with Crippen molar-refractivity contribution in [1.82, 2.24) is 0 Å². The van der Waals surface area contributed by atoms with Crippen molar-refractivity contribution in [3.8, 4) is 0 Å². The van der Waals surface area contributed by atoms with Gasteiger partial charge in [0.1, 0.15) is 0 Å². The van der Waals surface area contributed by atoms with Gasteiger partial charge < -0.3 is 4.74 Å². The van der Waals surface area contributed by atoms with E-state index in [2.05, 4.69) is 13.0 Å². The van der Waals surface area contributed by atoms with Gasteiger partial charge in [-0.15, -0.1) is 0 Å². The molecule has 0 aliphatic rings. The molecule has 1 aromatic carbocycles. The van der Waals surface area contributed by atoms with Crippen LogP contribution < -0.4 is 0 Å². The Morgan fingerprint density at radius 3 is 1.90 bits per heavy atom. The van der Waals surface area contributed by atoms with Crippen molar-refractivity contribution >= 4 is 11.8 Å². The molecule has 0 amide bonds. The highest BCUT2D eigenvalue weighted by Crippen LogP contribution is 2.12.